The number of hydrogen-bond acceptors (Lipinski definition) is 0. The Balaban J connectivity index is 2.36. The van der Waals surface area contributed by atoms with Crippen LogP contribution < -0.4 is 0 Å². The summed E-state index contributed by atoms with van der Waals surface area (Å²) in [5, 5.41) is 0. The predicted octanol–water partition coefficient (Wildman–Crippen LogP) is 2.32. The predicted molar refractivity (Wildman–Crippen MR) is 31.9 cm³/mol. The van der Waals surface area contributed by atoms with Crippen LogP contribution in [0.5, 0.6) is 0 Å². The van der Waals surface area contributed by atoms with Crippen molar-refractivity contribution < 1.29 is 0 Å². The molecule has 0 saturated carbocycles. The van der Waals surface area contributed by atoms with E-state index in [2.05, 4.69) is 13.0 Å². The van der Waals surface area contributed by atoms with Gasteiger partial charge < -0.3 is 0 Å². The van der Waals surface area contributed by atoms with Crippen molar-refractivity contribution in [2.75, 3.05) is 0 Å². The monoisotopic (exact) mass is 95.1 g/mol. The summed E-state index contributed by atoms with van der Waals surface area (Å²) in [6.45, 7) is 3.80. The first-order chi connectivity index (χ1) is 3.43. The second-order valence-corrected chi connectivity index (χ2v) is 2.00. The van der Waals surface area contributed by atoms with E-state index < -0.39 is 0 Å². The van der Waals surface area contributed by atoms with Crippen LogP contribution in [0.4, 0.5) is 0 Å². The smallest absolute Gasteiger partial charge is 0.0317 e. The minimum atomic E-state index is 1.03. The van der Waals surface area contributed by atoms with Gasteiger partial charge in [0.1, 0.15) is 0 Å². The van der Waals surface area contributed by atoms with Gasteiger partial charge in [0.25, 0.3) is 0 Å². The average Bonchev–Trinajstić information content (AvgIpc) is 2.14. The highest BCUT2D eigenvalue weighted by Gasteiger charge is 1.99. The van der Waals surface area contributed by atoms with Gasteiger partial charge in [0.2, 0.25) is 0 Å². The van der Waals surface area contributed by atoms with Crippen molar-refractivity contribution in [3.63, 3.8) is 0 Å². The van der Waals surface area contributed by atoms with E-state index >= 15 is 0 Å². The Morgan fingerprint density at radius 2 is 2.57 bits per heavy atom. The maximum atomic E-state index is 3.80. The molecule has 0 heterocycles. The summed E-state index contributed by atoms with van der Waals surface area (Å²) in [5.41, 5.74) is 1.56. The highest BCUT2D eigenvalue weighted by Crippen LogP contribution is 2.19. The molecule has 0 aromatic rings. The molecule has 0 unspecified atom stereocenters. The largest absolute Gasteiger partial charge is 0.0853 e. The summed E-state index contributed by atoms with van der Waals surface area (Å²) in [6, 6.07) is 0. The topological polar surface area (TPSA) is 0 Å². The van der Waals surface area contributed by atoms with Crippen molar-refractivity contribution in [1.29, 1.82) is 0 Å². The van der Waals surface area contributed by atoms with Gasteiger partial charge in [0, 0.05) is 0 Å². The highest BCUT2D eigenvalue weighted by atomic mass is 14.0. The van der Waals surface area contributed by atoms with Crippen molar-refractivity contribution in [3.05, 3.63) is 18.6 Å². The molecule has 0 aliphatic heterocycles. The fourth-order valence-corrected chi connectivity index (χ4v) is 0.964. The van der Waals surface area contributed by atoms with Crippen molar-refractivity contribution >= 4 is 0 Å². The molecule has 39 valence electrons. The maximum absolute atomic E-state index is 3.80. The Bertz CT molecular complexity index is 80.0. The molecule has 0 atom stereocenters. The van der Waals surface area contributed by atoms with E-state index in [4.69, 9.17) is 0 Å². The molecule has 0 bridgehead atoms. The Labute approximate surface area is 45.2 Å². The lowest BCUT2D eigenvalue weighted by molar-refractivity contribution is 0.892. The Hall–Kier alpha value is -0.260. The van der Waals surface area contributed by atoms with Gasteiger partial charge in [-0.15, -0.1) is 0 Å². The molecule has 1 aliphatic carbocycles. The van der Waals surface area contributed by atoms with Crippen LogP contribution in [0.2, 0.25) is 0 Å². The Morgan fingerprint density at radius 1 is 1.71 bits per heavy atom. The zero-order valence-electron chi connectivity index (χ0n) is 4.61. The molecule has 0 saturated heterocycles. The minimum Gasteiger partial charge on any atom is -0.0853 e. The molecule has 0 aromatic heterocycles. The fraction of sp³-hybridized carbons (Fsp3) is 0.571. The third kappa shape index (κ3) is 1.05. The number of hydrogen-bond donors (Lipinski definition) is 0. The molecule has 0 N–H and O–H groups in total. The molecule has 0 fully saturated rings. The summed E-state index contributed by atoms with van der Waals surface area (Å²) in [7, 11) is 0. The third-order valence-electron chi connectivity index (χ3n) is 1.46. The standard InChI is InChI=1S/C7H11/c1-2-7-5-3-4-6-7/h5H,1-4,6H2. The van der Waals surface area contributed by atoms with Crippen LogP contribution in [0, 0.1) is 6.92 Å². The van der Waals surface area contributed by atoms with Crippen molar-refractivity contribution in [2.24, 2.45) is 0 Å². The van der Waals surface area contributed by atoms with Crippen LogP contribution in [0.1, 0.15) is 25.7 Å². The van der Waals surface area contributed by atoms with E-state index in [-0.39, 0.29) is 0 Å². The van der Waals surface area contributed by atoms with E-state index in [0.29, 0.717) is 0 Å². The second kappa shape index (κ2) is 2.15. The Morgan fingerprint density at radius 3 is 2.86 bits per heavy atom. The highest BCUT2D eigenvalue weighted by molar-refractivity contribution is 5.07. The van der Waals surface area contributed by atoms with Crippen molar-refractivity contribution in [1.82, 2.24) is 0 Å². The van der Waals surface area contributed by atoms with Crippen LogP contribution in [0.25, 0.3) is 0 Å². The van der Waals surface area contributed by atoms with Crippen LogP contribution in [0.3, 0.4) is 0 Å². The summed E-state index contributed by atoms with van der Waals surface area (Å²) in [5.74, 6) is 0. The lowest BCUT2D eigenvalue weighted by atomic mass is 10.2. The zero-order valence-corrected chi connectivity index (χ0v) is 4.61. The summed E-state index contributed by atoms with van der Waals surface area (Å²) in [4.78, 5) is 0. The van der Waals surface area contributed by atoms with Gasteiger partial charge in [-0.2, -0.15) is 0 Å². The van der Waals surface area contributed by atoms with Gasteiger partial charge >= 0.3 is 0 Å². The quantitative estimate of drug-likeness (QED) is 0.438. The maximum Gasteiger partial charge on any atom is -0.0317 e. The molecular formula is C7H11. The molecule has 0 heteroatoms. The lowest BCUT2D eigenvalue weighted by Gasteiger charge is -1.88. The number of rotatable bonds is 1. The summed E-state index contributed by atoms with van der Waals surface area (Å²) < 4.78 is 0. The van der Waals surface area contributed by atoms with Gasteiger partial charge in [-0.3, -0.25) is 0 Å². The van der Waals surface area contributed by atoms with Crippen LogP contribution >= 0.6 is 0 Å². The van der Waals surface area contributed by atoms with E-state index in [0.717, 1.165) is 6.42 Å². The third-order valence-corrected chi connectivity index (χ3v) is 1.46. The molecule has 1 rings (SSSR count). The first-order valence-electron chi connectivity index (χ1n) is 2.90. The lowest BCUT2D eigenvalue weighted by Crippen LogP contribution is -1.69. The SMILES string of the molecule is [CH2]CC1=CCCC1. The average molecular weight is 95.2 g/mol. The molecule has 1 aliphatic rings. The molecule has 0 amide bonds. The van der Waals surface area contributed by atoms with Gasteiger partial charge in [0.05, 0.1) is 0 Å². The first kappa shape index (κ1) is 4.89. The van der Waals surface area contributed by atoms with Crippen LogP contribution in [-0.4, -0.2) is 0 Å². The number of allylic oxidation sites excluding steroid dienone is 2. The summed E-state index contributed by atoms with van der Waals surface area (Å²) in [6.07, 6.45) is 7.31. The summed E-state index contributed by atoms with van der Waals surface area (Å²) >= 11 is 0. The Kier molecular flexibility index (Phi) is 1.50. The molecular weight excluding hydrogens is 84.1 g/mol. The fourth-order valence-electron chi connectivity index (χ4n) is 0.964. The molecule has 1 radical (unpaired) electrons. The van der Waals surface area contributed by atoms with Gasteiger partial charge in [-0.1, -0.05) is 11.6 Å². The van der Waals surface area contributed by atoms with Gasteiger partial charge in [0.15, 0.2) is 0 Å². The molecule has 0 spiro atoms. The van der Waals surface area contributed by atoms with Gasteiger partial charge in [-0.05, 0) is 32.6 Å². The second-order valence-electron chi connectivity index (χ2n) is 2.00. The first-order valence-corrected chi connectivity index (χ1v) is 2.90. The van der Waals surface area contributed by atoms with Crippen molar-refractivity contribution in [3.8, 4) is 0 Å². The van der Waals surface area contributed by atoms with Crippen LogP contribution in [0.15, 0.2) is 11.6 Å². The van der Waals surface area contributed by atoms with E-state index in [1.165, 1.54) is 19.3 Å². The van der Waals surface area contributed by atoms with E-state index in [1.807, 2.05) is 0 Å². The van der Waals surface area contributed by atoms with E-state index in [1.54, 1.807) is 5.57 Å². The van der Waals surface area contributed by atoms with Crippen LogP contribution in [-0.2, 0) is 0 Å². The minimum absolute atomic E-state index is 1.03. The zero-order chi connectivity index (χ0) is 5.11. The molecule has 0 nitrogen and oxygen atoms in total. The van der Waals surface area contributed by atoms with E-state index in [9.17, 15) is 0 Å². The van der Waals surface area contributed by atoms with Crippen molar-refractivity contribution in [2.45, 2.75) is 25.7 Å². The van der Waals surface area contributed by atoms with Gasteiger partial charge in [-0.25, -0.2) is 0 Å². The molecule has 0 aromatic carbocycles. The molecule has 7 heavy (non-hydrogen) atoms. The normalized spacial score (nSPS) is 19.9.